The predicted octanol–water partition coefficient (Wildman–Crippen LogP) is 2.34. The van der Waals surface area contributed by atoms with Crippen molar-refractivity contribution in [3.8, 4) is 0 Å². The van der Waals surface area contributed by atoms with Crippen molar-refractivity contribution < 1.29 is 9.13 Å². The van der Waals surface area contributed by atoms with E-state index in [1.54, 1.807) is 13.2 Å². The van der Waals surface area contributed by atoms with Gasteiger partial charge in [0.05, 0.1) is 6.61 Å². The molecule has 1 N–H and O–H groups in total. The van der Waals surface area contributed by atoms with Gasteiger partial charge in [-0.15, -0.1) is 0 Å². The highest BCUT2D eigenvalue weighted by atomic mass is 19.1. The van der Waals surface area contributed by atoms with Gasteiger partial charge in [-0.1, -0.05) is 12.1 Å². The molecule has 0 atom stereocenters. The summed E-state index contributed by atoms with van der Waals surface area (Å²) >= 11 is 0. The van der Waals surface area contributed by atoms with Crippen LogP contribution in [0.1, 0.15) is 19.4 Å². The largest absolute Gasteiger partial charge is 0.383 e. The Kier molecular flexibility index (Phi) is 4.24. The van der Waals surface area contributed by atoms with Gasteiger partial charge in [0.25, 0.3) is 0 Å². The smallest absolute Gasteiger partial charge is 0.123 e. The minimum atomic E-state index is -0.196. The topological polar surface area (TPSA) is 21.3 Å². The molecule has 0 aromatic heterocycles. The van der Waals surface area contributed by atoms with Crippen molar-refractivity contribution in [2.75, 3.05) is 13.7 Å². The summed E-state index contributed by atoms with van der Waals surface area (Å²) in [6.07, 6.45) is 0. The van der Waals surface area contributed by atoms with Crippen LogP contribution in [0.5, 0.6) is 0 Å². The molecule has 0 amide bonds. The molecule has 2 nitrogen and oxygen atoms in total. The van der Waals surface area contributed by atoms with E-state index in [1.807, 2.05) is 6.07 Å². The van der Waals surface area contributed by atoms with Crippen LogP contribution < -0.4 is 5.32 Å². The molecule has 3 heteroatoms. The Morgan fingerprint density at radius 2 is 2.13 bits per heavy atom. The van der Waals surface area contributed by atoms with Crippen molar-refractivity contribution in [2.45, 2.75) is 25.9 Å². The Bertz CT molecular complexity index is 312. The van der Waals surface area contributed by atoms with Crippen LogP contribution >= 0.6 is 0 Å². The number of rotatable bonds is 5. The van der Waals surface area contributed by atoms with Crippen LogP contribution in [0.25, 0.3) is 0 Å². The van der Waals surface area contributed by atoms with Gasteiger partial charge in [0, 0.05) is 19.2 Å². The van der Waals surface area contributed by atoms with Crippen molar-refractivity contribution in [2.24, 2.45) is 0 Å². The van der Waals surface area contributed by atoms with Gasteiger partial charge in [0.1, 0.15) is 5.82 Å². The Balaban J connectivity index is 2.49. The lowest BCUT2D eigenvalue weighted by Gasteiger charge is -2.25. The quantitative estimate of drug-likeness (QED) is 0.807. The van der Waals surface area contributed by atoms with Gasteiger partial charge in [0.15, 0.2) is 0 Å². The normalized spacial score (nSPS) is 11.7. The number of ether oxygens (including phenoxy) is 1. The molecule has 15 heavy (non-hydrogen) atoms. The van der Waals surface area contributed by atoms with Crippen LogP contribution in [0.15, 0.2) is 24.3 Å². The van der Waals surface area contributed by atoms with Gasteiger partial charge in [-0.2, -0.15) is 0 Å². The molecule has 1 aromatic carbocycles. The maximum Gasteiger partial charge on any atom is 0.123 e. The second-order valence-electron chi connectivity index (χ2n) is 4.30. The van der Waals surface area contributed by atoms with E-state index < -0.39 is 0 Å². The van der Waals surface area contributed by atoms with Crippen molar-refractivity contribution in [1.82, 2.24) is 5.32 Å². The molecule has 0 bridgehead atoms. The Morgan fingerprint density at radius 3 is 2.73 bits per heavy atom. The molecule has 1 rings (SSSR count). The van der Waals surface area contributed by atoms with Crippen LogP contribution in [0.3, 0.4) is 0 Å². The van der Waals surface area contributed by atoms with Gasteiger partial charge in [-0.3, -0.25) is 0 Å². The zero-order chi connectivity index (χ0) is 11.3. The van der Waals surface area contributed by atoms with E-state index >= 15 is 0 Å². The van der Waals surface area contributed by atoms with Gasteiger partial charge < -0.3 is 10.1 Å². The molecule has 1 aromatic rings. The minimum absolute atomic E-state index is 0.0962. The van der Waals surface area contributed by atoms with Gasteiger partial charge in [0.2, 0.25) is 0 Å². The first-order valence-electron chi connectivity index (χ1n) is 5.02. The third-order valence-electron chi connectivity index (χ3n) is 2.17. The zero-order valence-electron chi connectivity index (χ0n) is 9.51. The zero-order valence-corrected chi connectivity index (χ0v) is 9.51. The monoisotopic (exact) mass is 211 g/mol. The molecule has 0 spiro atoms. The van der Waals surface area contributed by atoms with Crippen molar-refractivity contribution >= 4 is 0 Å². The lowest BCUT2D eigenvalue weighted by Crippen LogP contribution is -2.42. The van der Waals surface area contributed by atoms with Gasteiger partial charge in [-0.05, 0) is 31.5 Å². The molecule has 0 saturated heterocycles. The van der Waals surface area contributed by atoms with Gasteiger partial charge in [-0.25, -0.2) is 4.39 Å². The molecule has 0 aliphatic rings. The van der Waals surface area contributed by atoms with E-state index in [4.69, 9.17) is 4.74 Å². The second-order valence-corrected chi connectivity index (χ2v) is 4.30. The predicted molar refractivity (Wildman–Crippen MR) is 59.2 cm³/mol. The molecule has 0 fully saturated rings. The summed E-state index contributed by atoms with van der Waals surface area (Å²) in [4.78, 5) is 0. The molecule has 0 unspecified atom stereocenters. The highest BCUT2D eigenvalue weighted by molar-refractivity contribution is 5.16. The number of halogens is 1. The molecular formula is C12H18FNO. The first-order chi connectivity index (χ1) is 7.03. The molecular weight excluding hydrogens is 193 g/mol. The summed E-state index contributed by atoms with van der Waals surface area (Å²) in [6.45, 7) is 5.38. The Hall–Kier alpha value is -0.930. The number of hydrogen-bond donors (Lipinski definition) is 1. The fraction of sp³-hybridized carbons (Fsp3) is 0.500. The molecule has 0 heterocycles. The molecule has 0 aliphatic carbocycles. The third-order valence-corrected chi connectivity index (χ3v) is 2.17. The highest BCUT2D eigenvalue weighted by Crippen LogP contribution is 2.07. The fourth-order valence-electron chi connectivity index (χ4n) is 1.40. The van der Waals surface area contributed by atoms with Crippen LogP contribution in [-0.2, 0) is 11.3 Å². The van der Waals surface area contributed by atoms with Crippen molar-refractivity contribution in [1.29, 1.82) is 0 Å². The fourth-order valence-corrected chi connectivity index (χ4v) is 1.40. The van der Waals surface area contributed by atoms with E-state index in [-0.39, 0.29) is 11.4 Å². The first kappa shape index (κ1) is 12.1. The summed E-state index contributed by atoms with van der Waals surface area (Å²) in [5.41, 5.74) is 0.848. The average molecular weight is 211 g/mol. The van der Waals surface area contributed by atoms with Crippen LogP contribution in [0.2, 0.25) is 0 Å². The van der Waals surface area contributed by atoms with Gasteiger partial charge >= 0.3 is 0 Å². The SMILES string of the molecule is COCC(C)(C)NCc1cccc(F)c1. The lowest BCUT2D eigenvalue weighted by atomic mass is 10.1. The van der Waals surface area contributed by atoms with E-state index in [0.29, 0.717) is 13.2 Å². The summed E-state index contributed by atoms with van der Waals surface area (Å²) in [7, 11) is 1.67. The average Bonchev–Trinajstić information content (AvgIpc) is 2.15. The number of benzene rings is 1. The third kappa shape index (κ3) is 4.40. The highest BCUT2D eigenvalue weighted by Gasteiger charge is 2.15. The minimum Gasteiger partial charge on any atom is -0.383 e. The van der Waals surface area contributed by atoms with E-state index in [2.05, 4.69) is 19.2 Å². The Labute approximate surface area is 90.4 Å². The summed E-state index contributed by atoms with van der Waals surface area (Å²) in [6, 6.07) is 6.61. The van der Waals surface area contributed by atoms with E-state index in [9.17, 15) is 4.39 Å². The molecule has 0 saturated carbocycles. The van der Waals surface area contributed by atoms with Crippen molar-refractivity contribution in [3.05, 3.63) is 35.6 Å². The summed E-state index contributed by atoms with van der Waals surface area (Å²) in [5.74, 6) is -0.196. The number of nitrogens with one attached hydrogen (secondary N) is 1. The van der Waals surface area contributed by atoms with Crippen LogP contribution in [0.4, 0.5) is 4.39 Å². The molecule has 0 aliphatic heterocycles. The van der Waals surface area contributed by atoms with Crippen LogP contribution in [-0.4, -0.2) is 19.3 Å². The van der Waals surface area contributed by atoms with E-state index in [1.165, 1.54) is 12.1 Å². The maximum atomic E-state index is 12.9. The summed E-state index contributed by atoms with van der Waals surface area (Å²) < 4.78 is 18.0. The standard InChI is InChI=1S/C12H18FNO/c1-12(2,9-15-3)14-8-10-5-4-6-11(13)7-10/h4-7,14H,8-9H2,1-3H3. The molecule has 0 radical (unpaired) electrons. The lowest BCUT2D eigenvalue weighted by molar-refractivity contribution is 0.127. The first-order valence-corrected chi connectivity index (χ1v) is 5.02. The van der Waals surface area contributed by atoms with Crippen molar-refractivity contribution in [3.63, 3.8) is 0 Å². The Morgan fingerprint density at radius 1 is 1.40 bits per heavy atom. The maximum absolute atomic E-state index is 12.9. The van der Waals surface area contributed by atoms with Crippen LogP contribution in [0, 0.1) is 5.82 Å². The number of methoxy groups -OCH3 is 1. The number of hydrogen-bond acceptors (Lipinski definition) is 2. The molecule has 84 valence electrons. The second kappa shape index (κ2) is 5.24. The summed E-state index contributed by atoms with van der Waals surface area (Å²) in [5, 5.41) is 3.31. The van der Waals surface area contributed by atoms with E-state index in [0.717, 1.165) is 5.56 Å².